The molecular formula is C24H24FNO5. The summed E-state index contributed by atoms with van der Waals surface area (Å²) in [4.78, 5) is 27.3. The third kappa shape index (κ3) is 4.18. The van der Waals surface area contributed by atoms with Gasteiger partial charge in [-0.05, 0) is 61.7 Å². The lowest BCUT2D eigenvalue weighted by Gasteiger charge is -2.27. The summed E-state index contributed by atoms with van der Waals surface area (Å²) < 4.78 is 24.6. The van der Waals surface area contributed by atoms with Crippen molar-refractivity contribution in [2.45, 2.75) is 31.9 Å². The molecule has 2 aromatic carbocycles. The fourth-order valence-electron chi connectivity index (χ4n) is 4.10. The average molecular weight is 425 g/mol. The Bertz CT molecular complexity index is 994. The molecule has 0 saturated carbocycles. The summed E-state index contributed by atoms with van der Waals surface area (Å²) in [5, 5.41) is 11.0. The molecule has 0 bridgehead atoms. The molecule has 2 aliphatic heterocycles. The Labute approximate surface area is 179 Å². The van der Waals surface area contributed by atoms with Gasteiger partial charge in [0, 0.05) is 18.7 Å². The first-order chi connectivity index (χ1) is 15.0. The van der Waals surface area contributed by atoms with Gasteiger partial charge in [0.15, 0.2) is 0 Å². The van der Waals surface area contributed by atoms with Crippen LogP contribution in [0.2, 0.25) is 0 Å². The van der Waals surface area contributed by atoms with E-state index in [0.29, 0.717) is 30.1 Å². The van der Waals surface area contributed by atoms with Crippen molar-refractivity contribution in [3.05, 3.63) is 71.0 Å². The number of benzene rings is 2. The van der Waals surface area contributed by atoms with Crippen LogP contribution < -0.4 is 4.74 Å². The van der Waals surface area contributed by atoms with E-state index >= 15 is 0 Å². The molecule has 0 spiro atoms. The number of ketones is 1. The highest BCUT2D eigenvalue weighted by atomic mass is 19.1. The van der Waals surface area contributed by atoms with Gasteiger partial charge in [-0.2, -0.15) is 0 Å². The SMILES string of the molecule is CCOc1ccc(/C(O)=C2\C(=O)C(=O)N(CC3CCCO3)C2c2ccc(F)cc2)cc1. The maximum atomic E-state index is 13.5. The molecule has 4 rings (SSSR count). The summed E-state index contributed by atoms with van der Waals surface area (Å²) in [7, 11) is 0. The predicted molar refractivity (Wildman–Crippen MR) is 112 cm³/mol. The molecule has 0 aliphatic carbocycles. The monoisotopic (exact) mass is 425 g/mol. The molecule has 1 N–H and O–H groups in total. The smallest absolute Gasteiger partial charge is 0.295 e. The lowest BCUT2D eigenvalue weighted by molar-refractivity contribution is -0.140. The normalized spacial score (nSPS) is 22.8. The molecule has 6 nitrogen and oxygen atoms in total. The van der Waals surface area contributed by atoms with Crippen molar-refractivity contribution in [1.82, 2.24) is 4.90 Å². The van der Waals surface area contributed by atoms with Crippen LogP contribution in [0.25, 0.3) is 5.76 Å². The van der Waals surface area contributed by atoms with Crippen molar-refractivity contribution < 1.29 is 28.6 Å². The third-order valence-corrected chi connectivity index (χ3v) is 5.59. The van der Waals surface area contributed by atoms with Crippen LogP contribution in [0.3, 0.4) is 0 Å². The van der Waals surface area contributed by atoms with Crippen molar-refractivity contribution >= 4 is 17.4 Å². The van der Waals surface area contributed by atoms with Gasteiger partial charge >= 0.3 is 0 Å². The van der Waals surface area contributed by atoms with E-state index in [2.05, 4.69) is 0 Å². The molecule has 2 atom stereocenters. The second-order valence-corrected chi connectivity index (χ2v) is 7.60. The molecule has 0 aromatic heterocycles. The van der Waals surface area contributed by atoms with Crippen molar-refractivity contribution in [3.63, 3.8) is 0 Å². The van der Waals surface area contributed by atoms with Crippen LogP contribution in [0, 0.1) is 5.82 Å². The van der Waals surface area contributed by atoms with Crippen LogP contribution in [0.5, 0.6) is 5.75 Å². The molecule has 2 saturated heterocycles. The Kier molecular flexibility index (Phi) is 6.04. The summed E-state index contributed by atoms with van der Waals surface area (Å²) >= 11 is 0. The second kappa shape index (κ2) is 8.89. The zero-order valence-corrected chi connectivity index (χ0v) is 17.2. The van der Waals surface area contributed by atoms with Crippen LogP contribution in [-0.2, 0) is 14.3 Å². The van der Waals surface area contributed by atoms with E-state index < -0.39 is 23.5 Å². The van der Waals surface area contributed by atoms with Crippen LogP contribution in [0.15, 0.2) is 54.1 Å². The molecule has 2 heterocycles. The minimum absolute atomic E-state index is 0.0150. The number of hydrogen-bond donors (Lipinski definition) is 1. The quantitative estimate of drug-likeness (QED) is 0.433. The molecule has 2 aliphatic rings. The highest BCUT2D eigenvalue weighted by Gasteiger charge is 2.47. The number of carbonyl (C=O) groups excluding carboxylic acids is 2. The first-order valence-electron chi connectivity index (χ1n) is 10.4. The number of aliphatic hydroxyl groups is 1. The topological polar surface area (TPSA) is 76.1 Å². The summed E-state index contributed by atoms with van der Waals surface area (Å²) in [5.74, 6) is -1.53. The average Bonchev–Trinajstić information content (AvgIpc) is 3.37. The van der Waals surface area contributed by atoms with Gasteiger partial charge < -0.3 is 19.5 Å². The number of hydrogen-bond acceptors (Lipinski definition) is 5. The Morgan fingerprint density at radius 3 is 2.48 bits per heavy atom. The highest BCUT2D eigenvalue weighted by Crippen LogP contribution is 2.40. The molecular weight excluding hydrogens is 401 g/mol. The lowest BCUT2D eigenvalue weighted by atomic mass is 9.95. The lowest BCUT2D eigenvalue weighted by Crippen LogP contribution is -2.36. The van der Waals surface area contributed by atoms with E-state index in [1.807, 2.05) is 6.92 Å². The van der Waals surface area contributed by atoms with Gasteiger partial charge in [0.2, 0.25) is 0 Å². The first kappa shape index (κ1) is 21.1. The minimum Gasteiger partial charge on any atom is -0.507 e. The van der Waals surface area contributed by atoms with E-state index in [1.165, 1.54) is 29.2 Å². The van der Waals surface area contributed by atoms with Crippen molar-refractivity contribution in [2.75, 3.05) is 19.8 Å². The summed E-state index contributed by atoms with van der Waals surface area (Å²) in [5.41, 5.74) is 0.926. The number of carbonyl (C=O) groups is 2. The molecule has 1 amide bonds. The van der Waals surface area contributed by atoms with Gasteiger partial charge in [-0.1, -0.05) is 12.1 Å². The van der Waals surface area contributed by atoms with E-state index in [-0.39, 0.29) is 24.0 Å². The van der Waals surface area contributed by atoms with Gasteiger partial charge in [0.25, 0.3) is 11.7 Å². The Morgan fingerprint density at radius 1 is 1.16 bits per heavy atom. The number of halogens is 1. The number of aliphatic hydroxyl groups excluding tert-OH is 1. The number of rotatable bonds is 6. The molecule has 2 aromatic rings. The van der Waals surface area contributed by atoms with Crippen molar-refractivity contribution in [2.24, 2.45) is 0 Å². The Balaban J connectivity index is 1.77. The van der Waals surface area contributed by atoms with Gasteiger partial charge in [-0.25, -0.2) is 4.39 Å². The maximum Gasteiger partial charge on any atom is 0.295 e. The Hall–Kier alpha value is -3.19. The predicted octanol–water partition coefficient (Wildman–Crippen LogP) is 3.83. The van der Waals surface area contributed by atoms with Crippen molar-refractivity contribution in [3.8, 4) is 5.75 Å². The van der Waals surface area contributed by atoms with Gasteiger partial charge in [0.1, 0.15) is 17.3 Å². The molecule has 31 heavy (non-hydrogen) atoms. The van der Waals surface area contributed by atoms with Crippen molar-refractivity contribution in [1.29, 1.82) is 0 Å². The van der Waals surface area contributed by atoms with Gasteiger partial charge in [-0.15, -0.1) is 0 Å². The number of ether oxygens (including phenoxy) is 2. The summed E-state index contributed by atoms with van der Waals surface area (Å²) in [6.07, 6.45) is 1.51. The third-order valence-electron chi connectivity index (χ3n) is 5.59. The first-order valence-corrected chi connectivity index (χ1v) is 10.4. The van der Waals surface area contributed by atoms with Gasteiger partial charge in [-0.3, -0.25) is 9.59 Å². The van der Waals surface area contributed by atoms with Gasteiger partial charge in [0.05, 0.1) is 24.3 Å². The summed E-state index contributed by atoms with van der Waals surface area (Å²) in [6, 6.07) is 11.4. The number of nitrogens with zero attached hydrogens (tertiary/aromatic N) is 1. The number of likely N-dealkylation sites (tertiary alicyclic amines) is 1. The zero-order chi connectivity index (χ0) is 22.0. The Morgan fingerprint density at radius 2 is 1.87 bits per heavy atom. The van der Waals surface area contributed by atoms with E-state index in [4.69, 9.17) is 9.47 Å². The van der Waals surface area contributed by atoms with Crippen LogP contribution in [0.1, 0.15) is 36.9 Å². The summed E-state index contributed by atoms with van der Waals surface area (Å²) in [6.45, 7) is 3.21. The fourth-order valence-corrected chi connectivity index (χ4v) is 4.10. The molecule has 2 unspecified atom stereocenters. The highest BCUT2D eigenvalue weighted by molar-refractivity contribution is 6.46. The molecule has 2 fully saturated rings. The van der Waals surface area contributed by atoms with E-state index in [9.17, 15) is 19.1 Å². The fraction of sp³-hybridized carbons (Fsp3) is 0.333. The number of amides is 1. The molecule has 162 valence electrons. The maximum absolute atomic E-state index is 13.5. The minimum atomic E-state index is -0.823. The molecule has 7 heteroatoms. The van der Waals surface area contributed by atoms with Crippen LogP contribution in [-0.4, -0.2) is 47.6 Å². The van der Waals surface area contributed by atoms with E-state index in [1.54, 1.807) is 24.3 Å². The number of Topliss-reactive ketones (excluding diaryl/α,β-unsaturated/α-hetero) is 1. The standard InChI is InChI=1S/C24H24FNO5/c1-2-30-18-11-7-16(8-12-18)22(27)20-21(15-5-9-17(25)10-6-15)26(24(29)23(20)28)14-19-4-3-13-31-19/h5-12,19,21,27H,2-4,13-14H2,1H3/b22-20+. The zero-order valence-electron chi connectivity index (χ0n) is 17.2. The van der Waals surface area contributed by atoms with Crippen LogP contribution in [0.4, 0.5) is 4.39 Å². The largest absolute Gasteiger partial charge is 0.507 e. The second-order valence-electron chi connectivity index (χ2n) is 7.60. The molecule has 0 radical (unpaired) electrons. The van der Waals surface area contributed by atoms with Crippen LogP contribution >= 0.6 is 0 Å². The van der Waals surface area contributed by atoms with E-state index in [0.717, 1.165) is 12.8 Å².